The minimum Gasteiger partial charge on any atom is -1.00 e. The molecule has 9 rings (SSSR count). The van der Waals surface area contributed by atoms with Crippen LogP contribution < -0.4 is 87.3 Å². The number of ether oxygens (including phenoxy) is 3. The van der Waals surface area contributed by atoms with Gasteiger partial charge in [0, 0.05) is 39.6 Å². The van der Waals surface area contributed by atoms with Gasteiger partial charge in [0.15, 0.2) is 0 Å². The Bertz CT molecular complexity index is 2180. The maximum atomic E-state index is 4.94. The van der Waals surface area contributed by atoms with Crippen LogP contribution in [0.15, 0.2) is 109 Å². The van der Waals surface area contributed by atoms with E-state index in [-0.39, 0.29) is 121 Å². The van der Waals surface area contributed by atoms with E-state index in [1.54, 1.807) is 0 Å². The quantitative estimate of drug-likeness (QED) is 0.140. The fourth-order valence-corrected chi connectivity index (χ4v) is 10.5. The van der Waals surface area contributed by atoms with Gasteiger partial charge in [-0.2, -0.15) is 0 Å². The molecule has 0 amide bonds. The van der Waals surface area contributed by atoms with Gasteiger partial charge in [-0.05, 0) is 85.9 Å². The molecule has 0 aliphatic carbocycles. The summed E-state index contributed by atoms with van der Waals surface area (Å²) in [4.78, 5) is 0. The van der Waals surface area contributed by atoms with E-state index in [4.69, 9.17) is 14.2 Å². The molecule has 0 atom stereocenters. The van der Waals surface area contributed by atoms with Crippen molar-refractivity contribution in [2.75, 3.05) is 39.6 Å². The largest absolute Gasteiger partial charge is 2.00 e. The van der Waals surface area contributed by atoms with Crippen LogP contribution in [0.25, 0.3) is 44.5 Å². The first-order valence-electron chi connectivity index (χ1n) is 29.2. The van der Waals surface area contributed by atoms with Crippen LogP contribution in [-0.4, -0.2) is 39.6 Å². The predicted molar refractivity (Wildman–Crippen MR) is 325 cm³/mol. The number of hydrogen-bond acceptors (Lipinski definition) is 3. The molecule has 3 aliphatic rings. The molecule has 0 spiro atoms. The zero-order valence-corrected chi connectivity index (χ0v) is 59.4. The summed E-state index contributed by atoms with van der Waals surface area (Å²) in [6.45, 7) is 42.6. The van der Waals surface area contributed by atoms with E-state index in [0.29, 0.717) is 47.3 Å². The van der Waals surface area contributed by atoms with Gasteiger partial charge in [-0.1, -0.05) is 250 Å². The third-order valence-corrected chi connectivity index (χ3v) is 14.6. The molecule has 448 valence electrons. The smallest absolute Gasteiger partial charge is 1.00 e. The first-order chi connectivity index (χ1) is 35.9. The van der Waals surface area contributed by atoms with Gasteiger partial charge in [0.25, 0.3) is 0 Å². The molecule has 3 nitrogen and oxygen atoms in total. The van der Waals surface area contributed by atoms with Crippen molar-refractivity contribution in [1.29, 1.82) is 0 Å². The Hall–Kier alpha value is -1.41. The van der Waals surface area contributed by atoms with Gasteiger partial charge in [-0.3, -0.25) is 0 Å². The van der Waals surface area contributed by atoms with Gasteiger partial charge in [-0.25, -0.2) is 0 Å². The van der Waals surface area contributed by atoms with E-state index in [1.807, 2.05) is 0 Å². The van der Waals surface area contributed by atoms with Gasteiger partial charge < -0.3 is 63.8 Å². The second-order valence-corrected chi connectivity index (χ2v) is 23.4. The van der Waals surface area contributed by atoms with Gasteiger partial charge in [0.05, 0.1) is 0 Å². The van der Waals surface area contributed by atoms with Crippen LogP contribution >= 0.6 is 0 Å². The number of benzene rings is 6. The summed E-state index contributed by atoms with van der Waals surface area (Å²) < 4.78 is 14.8. The molecule has 3 heterocycles. The maximum Gasteiger partial charge on any atom is 2.00 e. The van der Waals surface area contributed by atoms with Crippen molar-refractivity contribution in [3.8, 4) is 44.5 Å². The molecule has 6 aromatic rings. The molecule has 2 radical (unpaired) electrons. The Morgan fingerprint density at radius 1 is 0.253 bits per heavy atom. The summed E-state index contributed by atoms with van der Waals surface area (Å²) in [5.74, 6) is 3.81. The average molecular weight is 1280 g/mol. The zero-order chi connectivity index (χ0) is 54.6. The summed E-state index contributed by atoms with van der Waals surface area (Å²) in [6, 6.07) is 48.2. The Labute approximate surface area is 577 Å². The SMILES string of the molecule is C1CCOC1.C1CCOC1.C1CCOC1.CC(C)c1cccc(C(C)C)c1-c1[c-]c(-c2c(C(C)C)cccc2C(C)C)ccc1.CC(C)c1cccc(C(C)C)c1-c1[c-]c(-c2c(C(C)C)cccc2C(C)C)ccc1.[Cl-].[Cl-].[Cl-].[Cl-].[Li+].[Li+].[Mn+2].[Mn+2]. The van der Waals surface area contributed by atoms with E-state index in [9.17, 15) is 0 Å². The molecule has 0 aromatic heterocycles. The second-order valence-electron chi connectivity index (χ2n) is 23.4. The summed E-state index contributed by atoms with van der Waals surface area (Å²) in [7, 11) is 0. The monoisotopic (exact) mass is 1270 g/mol. The van der Waals surface area contributed by atoms with E-state index in [0.717, 1.165) is 39.6 Å². The Morgan fingerprint density at radius 2 is 0.386 bits per heavy atom. The summed E-state index contributed by atoms with van der Waals surface area (Å²) in [6.07, 6.45) is 7.67. The molecule has 3 fully saturated rings. The number of halogens is 4. The Kier molecular flexibility index (Phi) is 48.6. The molecular weight excluding hydrogens is 1180 g/mol. The third kappa shape index (κ3) is 26.3. The van der Waals surface area contributed by atoms with Crippen LogP contribution in [0, 0.1) is 12.1 Å². The van der Waals surface area contributed by atoms with Crippen LogP contribution in [0.4, 0.5) is 0 Å². The van der Waals surface area contributed by atoms with Crippen molar-refractivity contribution in [2.24, 2.45) is 0 Å². The summed E-state index contributed by atoms with van der Waals surface area (Å²) in [5, 5.41) is 0. The first-order valence-corrected chi connectivity index (χ1v) is 29.2. The maximum absolute atomic E-state index is 4.94. The molecule has 0 saturated carbocycles. The molecule has 11 heteroatoms. The average Bonchev–Trinajstić information content (AvgIpc) is 4.27. The van der Waals surface area contributed by atoms with Crippen LogP contribution in [0.1, 0.15) is 241 Å². The van der Waals surface area contributed by atoms with Crippen molar-refractivity contribution in [3.63, 3.8) is 0 Å². The van der Waals surface area contributed by atoms with E-state index < -0.39 is 0 Å². The van der Waals surface area contributed by atoms with Crippen molar-refractivity contribution >= 4 is 0 Å². The van der Waals surface area contributed by atoms with E-state index >= 15 is 0 Å². The summed E-state index contributed by atoms with van der Waals surface area (Å²) in [5.41, 5.74) is 21.7. The molecule has 0 bridgehead atoms. The van der Waals surface area contributed by atoms with Crippen molar-refractivity contribution in [2.45, 2.75) is 197 Å². The predicted octanol–water partition coefficient (Wildman–Crippen LogP) is 3.04. The molecule has 0 N–H and O–H groups in total. The Balaban J connectivity index is -0.000000553. The minimum atomic E-state index is 0. The zero-order valence-electron chi connectivity index (χ0n) is 54.0. The first kappa shape index (κ1) is 88.0. The van der Waals surface area contributed by atoms with Crippen molar-refractivity contribution < 1.29 is 136 Å². The van der Waals surface area contributed by atoms with Crippen LogP contribution in [-0.2, 0) is 48.3 Å². The van der Waals surface area contributed by atoms with Crippen molar-refractivity contribution in [3.05, 3.63) is 166 Å². The van der Waals surface area contributed by atoms with Gasteiger partial charge in [-0.15, -0.1) is 70.8 Å². The van der Waals surface area contributed by atoms with E-state index in [1.165, 1.54) is 128 Å². The second kappa shape index (κ2) is 45.8. The van der Waals surface area contributed by atoms with E-state index in [2.05, 4.69) is 232 Å². The normalized spacial score (nSPS) is 12.9. The Morgan fingerprint density at radius 3 is 0.494 bits per heavy atom. The van der Waals surface area contributed by atoms with Crippen molar-refractivity contribution in [1.82, 2.24) is 0 Å². The van der Waals surface area contributed by atoms with Crippen LogP contribution in [0.5, 0.6) is 0 Å². The molecule has 6 aromatic carbocycles. The fourth-order valence-electron chi connectivity index (χ4n) is 10.5. The van der Waals surface area contributed by atoms with Crippen LogP contribution in [0.2, 0.25) is 0 Å². The standard InChI is InChI=1S/2C30H37.3C4H8O.4ClH.2Li.2Mn/c2*1-19(2)25-14-10-15-26(20(3)4)29(25)23-12-9-13-24(18-23)30-27(21(5)6)16-11-17-28(30)22(7)8;3*1-2-4-5-3-1;;;;;;;;/h2*9-17,19-22H,1-8H3;3*1-4H2;4*1H;;;;/q2*-1;;;;;;;;2*+1;2*+2/p-4. The molecule has 83 heavy (non-hydrogen) atoms. The third-order valence-electron chi connectivity index (χ3n) is 14.6. The number of hydrogen-bond donors (Lipinski definition) is 0. The molecular formula is C72H98Cl4Li2Mn2O3. The van der Waals surface area contributed by atoms with Crippen LogP contribution in [0.3, 0.4) is 0 Å². The molecule has 3 saturated heterocycles. The van der Waals surface area contributed by atoms with Gasteiger partial charge >= 0.3 is 71.9 Å². The van der Waals surface area contributed by atoms with Gasteiger partial charge in [0.2, 0.25) is 0 Å². The topological polar surface area (TPSA) is 27.7 Å². The van der Waals surface area contributed by atoms with Gasteiger partial charge in [0.1, 0.15) is 0 Å². The molecule has 0 unspecified atom stereocenters. The summed E-state index contributed by atoms with van der Waals surface area (Å²) >= 11 is 0. The fraction of sp³-hybridized carbons (Fsp3) is 0.500. The number of rotatable bonds is 12. The molecule has 3 aliphatic heterocycles. The minimum absolute atomic E-state index is 0.